The summed E-state index contributed by atoms with van der Waals surface area (Å²) in [7, 11) is 0. The summed E-state index contributed by atoms with van der Waals surface area (Å²) in [6.07, 6.45) is 12.7. The molecule has 0 aromatic heterocycles. The molecule has 0 saturated heterocycles. The van der Waals surface area contributed by atoms with Crippen molar-refractivity contribution in [1.29, 1.82) is 0 Å². The Hall–Kier alpha value is -0.400. The van der Waals surface area contributed by atoms with E-state index in [0.29, 0.717) is 12.8 Å². The Balaban J connectivity index is 4.15. The smallest absolute Gasteiger partial charge is 0.221 e. The van der Waals surface area contributed by atoms with Gasteiger partial charge >= 0.3 is 0 Å². The van der Waals surface area contributed by atoms with Crippen molar-refractivity contribution in [2.75, 3.05) is 56.7 Å². The van der Waals surface area contributed by atoms with Gasteiger partial charge in [0.25, 0.3) is 0 Å². The molecule has 27 heavy (non-hydrogen) atoms. The van der Waals surface area contributed by atoms with Crippen LogP contribution in [0, 0.1) is 0 Å². The molecule has 0 saturated carbocycles. The normalized spacial score (nSPS) is 11.0. The molecule has 0 aliphatic rings. The fourth-order valence-corrected chi connectivity index (χ4v) is 3.34. The summed E-state index contributed by atoms with van der Waals surface area (Å²) in [5.41, 5.74) is 0. The molecule has 0 aliphatic carbocycles. The highest BCUT2D eigenvalue weighted by molar-refractivity contribution is 7.98. The molecule has 0 heterocycles. The molecule has 0 atom stereocenters. The molecule has 0 aromatic rings. The quantitative estimate of drug-likeness (QED) is 0.314. The Morgan fingerprint density at radius 2 is 1.22 bits per heavy atom. The Morgan fingerprint density at radius 3 is 1.70 bits per heavy atom. The van der Waals surface area contributed by atoms with Crippen LogP contribution in [0.3, 0.4) is 0 Å². The van der Waals surface area contributed by atoms with Crippen LogP contribution >= 0.6 is 23.5 Å². The molecule has 160 valence electrons. The van der Waals surface area contributed by atoms with Crippen molar-refractivity contribution in [2.24, 2.45) is 0 Å². The Morgan fingerprint density at radius 1 is 0.741 bits per heavy atom. The maximum atomic E-state index is 12.0. The number of amides is 2. The van der Waals surface area contributed by atoms with E-state index in [4.69, 9.17) is 0 Å². The zero-order chi connectivity index (χ0) is 20.2. The second-order valence-electron chi connectivity index (χ2n) is 6.79. The van der Waals surface area contributed by atoms with E-state index >= 15 is 0 Å². The fourth-order valence-electron chi connectivity index (χ4n) is 2.73. The number of hydrogen-bond acceptors (Lipinski definition) is 5. The lowest BCUT2D eigenvalue weighted by Crippen LogP contribution is -2.35. The second-order valence-corrected chi connectivity index (χ2v) is 8.77. The van der Waals surface area contributed by atoms with Crippen molar-refractivity contribution in [1.82, 2.24) is 15.5 Å². The highest BCUT2D eigenvalue weighted by atomic mass is 32.2. The Labute approximate surface area is 175 Å². The first-order valence-electron chi connectivity index (χ1n) is 10.4. The van der Waals surface area contributed by atoms with Gasteiger partial charge in [-0.05, 0) is 25.5 Å². The summed E-state index contributed by atoms with van der Waals surface area (Å²) in [5, 5.41) is 5.92. The summed E-state index contributed by atoms with van der Waals surface area (Å²) in [4.78, 5) is 26.2. The first-order chi connectivity index (χ1) is 13.1. The van der Waals surface area contributed by atoms with Crippen molar-refractivity contribution >= 4 is 35.3 Å². The lowest BCUT2D eigenvalue weighted by Gasteiger charge is -2.22. The van der Waals surface area contributed by atoms with E-state index in [0.717, 1.165) is 50.7 Å². The molecule has 0 spiro atoms. The molecule has 2 amide bonds. The van der Waals surface area contributed by atoms with Gasteiger partial charge in [0.05, 0.1) is 0 Å². The average Bonchev–Trinajstić information content (AvgIpc) is 2.66. The predicted molar refractivity (Wildman–Crippen MR) is 122 cm³/mol. The van der Waals surface area contributed by atoms with Crippen molar-refractivity contribution in [3.8, 4) is 0 Å². The molecule has 0 radical (unpaired) electrons. The third-order valence-corrected chi connectivity index (χ3v) is 5.62. The summed E-state index contributed by atoms with van der Waals surface area (Å²) < 4.78 is 0. The van der Waals surface area contributed by atoms with Crippen LogP contribution in [0.25, 0.3) is 0 Å². The maximum absolute atomic E-state index is 12.0. The van der Waals surface area contributed by atoms with Gasteiger partial charge in [-0.25, -0.2) is 0 Å². The van der Waals surface area contributed by atoms with Crippen LogP contribution in [0.1, 0.15) is 58.3 Å². The van der Waals surface area contributed by atoms with E-state index in [1.165, 1.54) is 32.1 Å². The van der Waals surface area contributed by atoms with E-state index in [1.807, 2.05) is 12.5 Å². The number of rotatable bonds is 19. The SMILES string of the molecule is CCCCCCCCN(CCC(=O)NCCSC)CCC(=O)NCCSC. The third kappa shape index (κ3) is 18.7. The first kappa shape index (κ1) is 26.6. The molecule has 0 fully saturated rings. The zero-order valence-electron chi connectivity index (χ0n) is 17.7. The van der Waals surface area contributed by atoms with Crippen LogP contribution in [0.2, 0.25) is 0 Å². The molecule has 0 aromatic carbocycles. The standard InChI is InChI=1S/C20H41N3O2S2/c1-4-5-6-7-8-9-14-23(15-10-19(24)21-12-17-26-2)16-11-20(25)22-13-18-27-3/h4-18H2,1-3H3,(H,21,24)(H,22,25). The minimum atomic E-state index is 0.112. The van der Waals surface area contributed by atoms with Gasteiger partial charge in [0.15, 0.2) is 0 Å². The van der Waals surface area contributed by atoms with Gasteiger partial charge < -0.3 is 15.5 Å². The van der Waals surface area contributed by atoms with Crippen molar-refractivity contribution in [2.45, 2.75) is 58.3 Å². The molecule has 7 heteroatoms. The minimum absolute atomic E-state index is 0.112. The molecule has 0 aliphatic heterocycles. The number of nitrogens with zero attached hydrogens (tertiary/aromatic N) is 1. The first-order valence-corrected chi connectivity index (χ1v) is 13.2. The van der Waals surface area contributed by atoms with Crippen LogP contribution < -0.4 is 10.6 Å². The van der Waals surface area contributed by atoms with Crippen molar-refractivity contribution in [3.05, 3.63) is 0 Å². The van der Waals surface area contributed by atoms with Gasteiger partial charge in [-0.3, -0.25) is 9.59 Å². The highest BCUT2D eigenvalue weighted by Crippen LogP contribution is 2.07. The lowest BCUT2D eigenvalue weighted by atomic mass is 10.1. The van der Waals surface area contributed by atoms with Crippen LogP contribution in [0.15, 0.2) is 0 Å². The molecule has 2 N–H and O–H groups in total. The van der Waals surface area contributed by atoms with Gasteiger partial charge in [-0.1, -0.05) is 39.0 Å². The van der Waals surface area contributed by atoms with E-state index < -0.39 is 0 Å². The summed E-state index contributed by atoms with van der Waals surface area (Å²) in [6.45, 7) is 6.14. The van der Waals surface area contributed by atoms with Gasteiger partial charge in [0, 0.05) is 50.5 Å². The molecule has 5 nitrogen and oxygen atoms in total. The maximum Gasteiger partial charge on any atom is 0.221 e. The largest absolute Gasteiger partial charge is 0.355 e. The van der Waals surface area contributed by atoms with E-state index in [9.17, 15) is 9.59 Å². The highest BCUT2D eigenvalue weighted by Gasteiger charge is 2.10. The van der Waals surface area contributed by atoms with Crippen molar-refractivity contribution < 1.29 is 9.59 Å². The van der Waals surface area contributed by atoms with Crippen molar-refractivity contribution in [3.63, 3.8) is 0 Å². The Kier molecular flexibility index (Phi) is 20.0. The van der Waals surface area contributed by atoms with Crippen LogP contribution in [-0.4, -0.2) is 73.5 Å². The lowest BCUT2D eigenvalue weighted by molar-refractivity contribution is -0.121. The minimum Gasteiger partial charge on any atom is -0.355 e. The second kappa shape index (κ2) is 20.3. The monoisotopic (exact) mass is 419 g/mol. The molecule has 0 bridgehead atoms. The van der Waals surface area contributed by atoms with Crippen LogP contribution in [0.4, 0.5) is 0 Å². The summed E-state index contributed by atoms with van der Waals surface area (Å²) in [6, 6.07) is 0. The molecular formula is C20H41N3O2S2. The van der Waals surface area contributed by atoms with Gasteiger partial charge in [-0.15, -0.1) is 0 Å². The van der Waals surface area contributed by atoms with Gasteiger partial charge in [0.2, 0.25) is 11.8 Å². The number of hydrogen-bond donors (Lipinski definition) is 2. The zero-order valence-corrected chi connectivity index (χ0v) is 19.3. The van der Waals surface area contributed by atoms with Crippen LogP contribution in [-0.2, 0) is 9.59 Å². The topological polar surface area (TPSA) is 61.4 Å². The van der Waals surface area contributed by atoms with E-state index in [-0.39, 0.29) is 11.8 Å². The number of unbranched alkanes of at least 4 members (excludes halogenated alkanes) is 5. The predicted octanol–water partition coefficient (Wildman–Crippen LogP) is 3.39. The van der Waals surface area contributed by atoms with E-state index in [1.54, 1.807) is 23.5 Å². The van der Waals surface area contributed by atoms with Crippen LogP contribution in [0.5, 0.6) is 0 Å². The van der Waals surface area contributed by atoms with Gasteiger partial charge in [0.1, 0.15) is 0 Å². The number of carbonyl (C=O) groups excluding carboxylic acids is 2. The molecular weight excluding hydrogens is 378 g/mol. The summed E-state index contributed by atoms with van der Waals surface area (Å²) in [5.74, 6) is 2.12. The van der Waals surface area contributed by atoms with Gasteiger partial charge in [-0.2, -0.15) is 23.5 Å². The number of thioether (sulfide) groups is 2. The molecule has 0 rings (SSSR count). The number of carbonyl (C=O) groups is 2. The summed E-state index contributed by atoms with van der Waals surface area (Å²) >= 11 is 3.47. The molecule has 0 unspecified atom stereocenters. The fraction of sp³-hybridized carbons (Fsp3) is 0.900. The average molecular weight is 420 g/mol. The van der Waals surface area contributed by atoms with E-state index in [2.05, 4.69) is 22.5 Å². The third-order valence-electron chi connectivity index (χ3n) is 4.39. The number of nitrogens with one attached hydrogen (secondary N) is 2. The Bertz CT molecular complexity index is 345.